The molecule has 0 saturated carbocycles. The number of halogens is 1. The van der Waals surface area contributed by atoms with Crippen molar-refractivity contribution in [1.82, 2.24) is 24.7 Å². The molecule has 0 fully saturated rings. The maximum atomic E-state index is 13.7. The van der Waals surface area contributed by atoms with Gasteiger partial charge in [0, 0.05) is 35.7 Å². The van der Waals surface area contributed by atoms with Crippen molar-refractivity contribution in [2.45, 2.75) is 20.0 Å². The zero-order chi connectivity index (χ0) is 19.0. The highest BCUT2D eigenvalue weighted by molar-refractivity contribution is 5.82. The molecule has 1 atom stereocenters. The van der Waals surface area contributed by atoms with E-state index in [0.717, 1.165) is 22.8 Å². The molecule has 27 heavy (non-hydrogen) atoms. The zero-order valence-electron chi connectivity index (χ0n) is 14.8. The fourth-order valence-electron chi connectivity index (χ4n) is 2.85. The first-order valence-electron chi connectivity index (χ1n) is 8.36. The second kappa shape index (κ2) is 6.64. The summed E-state index contributed by atoms with van der Waals surface area (Å²) >= 11 is 0. The summed E-state index contributed by atoms with van der Waals surface area (Å²) in [6, 6.07) is 6.76. The summed E-state index contributed by atoms with van der Waals surface area (Å²) in [5.41, 5.74) is 8.70. The quantitative estimate of drug-likeness (QED) is 0.597. The fraction of sp³-hybridized carbons (Fsp3) is 0.158. The standard InChI is InChI=1S/C19H17FN6O/c1-11-6-15-13(9-22-11)7-17(19(21)25-15)27-12(2)18-16(8-14(20)10-23-18)26-5-3-4-24-26/h3-10,12H,1-2H3,(H2,21,25)/t12-/m0/s1. The van der Waals surface area contributed by atoms with Crippen molar-refractivity contribution in [3.63, 3.8) is 0 Å². The van der Waals surface area contributed by atoms with Gasteiger partial charge in [-0.25, -0.2) is 14.1 Å². The van der Waals surface area contributed by atoms with Gasteiger partial charge >= 0.3 is 0 Å². The Morgan fingerprint density at radius 1 is 1.19 bits per heavy atom. The van der Waals surface area contributed by atoms with E-state index in [1.54, 1.807) is 35.4 Å². The predicted molar refractivity (Wildman–Crippen MR) is 99.0 cm³/mol. The number of pyridine rings is 3. The molecule has 0 aliphatic carbocycles. The Morgan fingerprint density at radius 3 is 2.81 bits per heavy atom. The summed E-state index contributed by atoms with van der Waals surface area (Å²) in [7, 11) is 0. The van der Waals surface area contributed by atoms with Crippen LogP contribution < -0.4 is 10.5 Å². The molecule has 0 bridgehead atoms. The van der Waals surface area contributed by atoms with Crippen LogP contribution in [-0.4, -0.2) is 24.7 Å². The molecule has 0 aliphatic rings. The Balaban J connectivity index is 1.71. The highest BCUT2D eigenvalue weighted by Crippen LogP contribution is 2.30. The molecule has 0 radical (unpaired) electrons. The van der Waals surface area contributed by atoms with Crippen LogP contribution in [0.2, 0.25) is 0 Å². The van der Waals surface area contributed by atoms with Crippen LogP contribution >= 0.6 is 0 Å². The Morgan fingerprint density at radius 2 is 2.04 bits per heavy atom. The zero-order valence-corrected chi connectivity index (χ0v) is 14.8. The second-order valence-electron chi connectivity index (χ2n) is 6.16. The Labute approximate surface area is 154 Å². The van der Waals surface area contributed by atoms with Gasteiger partial charge in [-0.05, 0) is 32.0 Å². The van der Waals surface area contributed by atoms with Gasteiger partial charge in [0.1, 0.15) is 17.6 Å². The summed E-state index contributed by atoms with van der Waals surface area (Å²) in [6.07, 6.45) is 5.69. The van der Waals surface area contributed by atoms with Crippen LogP contribution in [0, 0.1) is 12.7 Å². The Bertz CT molecular complexity index is 1110. The lowest BCUT2D eigenvalue weighted by Gasteiger charge is -2.18. The molecule has 7 nitrogen and oxygen atoms in total. The lowest BCUT2D eigenvalue weighted by atomic mass is 10.2. The van der Waals surface area contributed by atoms with Gasteiger partial charge < -0.3 is 10.5 Å². The van der Waals surface area contributed by atoms with E-state index >= 15 is 0 Å². The van der Waals surface area contributed by atoms with Crippen LogP contribution in [0.1, 0.15) is 24.4 Å². The molecule has 0 amide bonds. The van der Waals surface area contributed by atoms with Crippen molar-refractivity contribution in [2.24, 2.45) is 0 Å². The van der Waals surface area contributed by atoms with Gasteiger partial charge in [-0.15, -0.1) is 0 Å². The smallest absolute Gasteiger partial charge is 0.166 e. The number of hydrogen-bond donors (Lipinski definition) is 1. The van der Waals surface area contributed by atoms with Crippen molar-refractivity contribution >= 4 is 16.7 Å². The van der Waals surface area contributed by atoms with Crippen LogP contribution in [0.5, 0.6) is 5.75 Å². The molecule has 4 heterocycles. The van der Waals surface area contributed by atoms with Crippen LogP contribution in [0.3, 0.4) is 0 Å². The summed E-state index contributed by atoms with van der Waals surface area (Å²) < 4.78 is 21.3. The molecule has 8 heteroatoms. The van der Waals surface area contributed by atoms with Crippen molar-refractivity contribution in [3.05, 3.63) is 66.3 Å². The number of aromatic nitrogens is 5. The van der Waals surface area contributed by atoms with Crippen LogP contribution in [0.4, 0.5) is 10.2 Å². The average Bonchev–Trinajstić information content (AvgIpc) is 3.17. The molecular formula is C19H17FN6O. The molecule has 4 rings (SSSR count). The molecule has 0 unspecified atom stereocenters. The van der Waals surface area contributed by atoms with Gasteiger partial charge in [0.25, 0.3) is 0 Å². The first-order valence-corrected chi connectivity index (χ1v) is 8.36. The third-order valence-electron chi connectivity index (χ3n) is 4.13. The molecular weight excluding hydrogens is 347 g/mol. The minimum Gasteiger partial charge on any atom is -0.480 e. The number of hydrogen-bond acceptors (Lipinski definition) is 6. The van der Waals surface area contributed by atoms with E-state index in [-0.39, 0.29) is 5.82 Å². The number of rotatable bonds is 4. The van der Waals surface area contributed by atoms with E-state index in [0.29, 0.717) is 17.1 Å². The van der Waals surface area contributed by atoms with E-state index in [1.807, 2.05) is 19.9 Å². The summed E-state index contributed by atoms with van der Waals surface area (Å²) in [4.78, 5) is 12.9. The molecule has 4 aromatic rings. The number of nitrogens with two attached hydrogens (primary N) is 1. The van der Waals surface area contributed by atoms with Gasteiger partial charge in [-0.1, -0.05) is 0 Å². The number of nitrogen functional groups attached to an aromatic ring is 1. The van der Waals surface area contributed by atoms with Crippen LogP contribution in [-0.2, 0) is 0 Å². The van der Waals surface area contributed by atoms with E-state index in [9.17, 15) is 4.39 Å². The second-order valence-corrected chi connectivity index (χ2v) is 6.16. The number of anilines is 1. The summed E-state index contributed by atoms with van der Waals surface area (Å²) in [6.45, 7) is 3.70. The van der Waals surface area contributed by atoms with E-state index < -0.39 is 11.9 Å². The highest BCUT2D eigenvalue weighted by atomic mass is 19.1. The van der Waals surface area contributed by atoms with Gasteiger partial charge in [0.2, 0.25) is 0 Å². The van der Waals surface area contributed by atoms with Crippen molar-refractivity contribution in [3.8, 4) is 11.4 Å². The highest BCUT2D eigenvalue weighted by Gasteiger charge is 2.18. The first-order chi connectivity index (χ1) is 13.0. The minimum atomic E-state index is -0.509. The van der Waals surface area contributed by atoms with Crippen molar-refractivity contribution in [1.29, 1.82) is 0 Å². The van der Waals surface area contributed by atoms with Crippen LogP contribution in [0.15, 0.2) is 49.1 Å². The lowest BCUT2D eigenvalue weighted by molar-refractivity contribution is 0.222. The van der Waals surface area contributed by atoms with Crippen molar-refractivity contribution < 1.29 is 9.13 Å². The number of nitrogens with zero attached hydrogens (tertiary/aromatic N) is 5. The third kappa shape index (κ3) is 3.29. The summed E-state index contributed by atoms with van der Waals surface area (Å²) in [5, 5.41) is 4.97. The Kier molecular flexibility index (Phi) is 4.15. The molecule has 2 N–H and O–H groups in total. The predicted octanol–water partition coefficient (Wildman–Crippen LogP) is 3.38. The summed E-state index contributed by atoms with van der Waals surface area (Å²) in [5.74, 6) is 0.227. The third-order valence-corrected chi connectivity index (χ3v) is 4.13. The number of aryl methyl sites for hydroxylation is 1. The largest absolute Gasteiger partial charge is 0.480 e. The van der Waals surface area contributed by atoms with E-state index in [1.165, 1.54) is 6.07 Å². The van der Waals surface area contributed by atoms with E-state index in [2.05, 4.69) is 20.1 Å². The number of fused-ring (bicyclic) bond motifs is 1. The van der Waals surface area contributed by atoms with Gasteiger partial charge in [0.05, 0.1) is 17.4 Å². The Hall–Kier alpha value is -3.55. The maximum absolute atomic E-state index is 13.7. The molecule has 0 aliphatic heterocycles. The van der Waals surface area contributed by atoms with Crippen molar-refractivity contribution in [2.75, 3.05) is 5.73 Å². The molecule has 0 spiro atoms. The molecule has 136 valence electrons. The topological polar surface area (TPSA) is 91.7 Å². The number of ether oxygens (including phenoxy) is 1. The molecule has 0 saturated heterocycles. The fourth-order valence-corrected chi connectivity index (χ4v) is 2.85. The lowest BCUT2D eigenvalue weighted by Crippen LogP contribution is -2.12. The normalized spacial score (nSPS) is 12.3. The van der Waals surface area contributed by atoms with Crippen LogP contribution in [0.25, 0.3) is 16.6 Å². The minimum absolute atomic E-state index is 0.266. The average molecular weight is 364 g/mol. The monoisotopic (exact) mass is 364 g/mol. The SMILES string of the molecule is Cc1cc2nc(N)c(O[C@@H](C)c3ncc(F)cc3-n3cccn3)cc2cn1. The first kappa shape index (κ1) is 16.9. The van der Waals surface area contributed by atoms with Gasteiger partial charge in [-0.3, -0.25) is 9.97 Å². The van der Waals surface area contributed by atoms with Gasteiger partial charge in [-0.2, -0.15) is 5.10 Å². The van der Waals surface area contributed by atoms with Gasteiger partial charge in [0.15, 0.2) is 11.6 Å². The van der Waals surface area contributed by atoms with E-state index in [4.69, 9.17) is 10.5 Å². The molecule has 4 aromatic heterocycles. The molecule has 0 aromatic carbocycles. The maximum Gasteiger partial charge on any atom is 0.166 e.